The Kier molecular flexibility index (Phi) is 4.57. The van der Waals surface area contributed by atoms with Gasteiger partial charge in [-0.25, -0.2) is 0 Å². The third kappa shape index (κ3) is 2.93. The van der Waals surface area contributed by atoms with E-state index in [2.05, 4.69) is 17.6 Å². The zero-order valence-electron chi connectivity index (χ0n) is 9.31. The molecule has 0 saturated carbocycles. The maximum absolute atomic E-state index is 12.0. The van der Waals surface area contributed by atoms with Crippen LogP contribution in [-0.4, -0.2) is 25.5 Å². The Bertz CT molecular complexity index is 246. The van der Waals surface area contributed by atoms with Crippen LogP contribution in [0.1, 0.15) is 32.6 Å². The fourth-order valence-corrected chi connectivity index (χ4v) is 2.28. The molecule has 1 rings (SSSR count). The minimum absolute atomic E-state index is 0.0624. The second-order valence-electron chi connectivity index (χ2n) is 4.12. The van der Waals surface area contributed by atoms with E-state index in [1.807, 2.05) is 6.07 Å². The van der Waals surface area contributed by atoms with Crippen LogP contribution in [0, 0.1) is 16.7 Å². The van der Waals surface area contributed by atoms with Crippen LogP contribution in [0.15, 0.2) is 0 Å². The summed E-state index contributed by atoms with van der Waals surface area (Å²) < 4.78 is 0. The van der Waals surface area contributed by atoms with Crippen LogP contribution < -0.4 is 10.6 Å². The van der Waals surface area contributed by atoms with E-state index in [1.54, 1.807) is 0 Å². The van der Waals surface area contributed by atoms with Crippen molar-refractivity contribution in [2.24, 2.45) is 5.41 Å². The molecule has 0 aliphatic carbocycles. The minimum atomic E-state index is -0.225. The van der Waals surface area contributed by atoms with Crippen molar-refractivity contribution >= 4 is 5.91 Å². The summed E-state index contributed by atoms with van der Waals surface area (Å²) in [5.74, 6) is 0.0624. The maximum Gasteiger partial charge on any atom is 0.227 e. The van der Waals surface area contributed by atoms with Crippen LogP contribution in [0.25, 0.3) is 0 Å². The molecule has 0 aromatic rings. The van der Waals surface area contributed by atoms with Gasteiger partial charge in [-0.1, -0.05) is 13.3 Å². The van der Waals surface area contributed by atoms with Gasteiger partial charge in [-0.15, -0.1) is 0 Å². The van der Waals surface area contributed by atoms with Crippen molar-refractivity contribution in [1.29, 1.82) is 5.26 Å². The molecule has 1 amide bonds. The second-order valence-corrected chi connectivity index (χ2v) is 4.12. The number of carbonyl (C=O) groups is 1. The number of nitrogens with zero attached hydrogens (tertiary/aromatic N) is 1. The summed E-state index contributed by atoms with van der Waals surface area (Å²) in [6.45, 7) is 4.03. The zero-order chi connectivity index (χ0) is 11.1. The molecule has 1 saturated heterocycles. The fraction of sp³-hybridized carbons (Fsp3) is 0.818. The van der Waals surface area contributed by atoms with Crippen molar-refractivity contribution in [3.05, 3.63) is 0 Å². The van der Waals surface area contributed by atoms with Crippen molar-refractivity contribution in [2.75, 3.05) is 19.6 Å². The van der Waals surface area contributed by atoms with E-state index in [9.17, 15) is 4.79 Å². The second kappa shape index (κ2) is 5.72. The molecular weight excluding hydrogens is 190 g/mol. The van der Waals surface area contributed by atoms with Gasteiger partial charge in [0, 0.05) is 0 Å². The Hall–Kier alpha value is -1.08. The molecule has 0 aromatic heterocycles. The number of amides is 1. The summed E-state index contributed by atoms with van der Waals surface area (Å²) >= 11 is 0. The van der Waals surface area contributed by atoms with Crippen LogP contribution in [-0.2, 0) is 4.79 Å². The topological polar surface area (TPSA) is 64.9 Å². The van der Waals surface area contributed by atoms with Crippen molar-refractivity contribution in [2.45, 2.75) is 32.6 Å². The number of rotatable bonds is 4. The first-order chi connectivity index (χ1) is 7.25. The summed E-state index contributed by atoms with van der Waals surface area (Å²) in [5.41, 5.74) is -0.225. The van der Waals surface area contributed by atoms with Crippen LogP contribution >= 0.6 is 0 Å². The molecule has 1 aliphatic rings. The summed E-state index contributed by atoms with van der Waals surface area (Å²) in [6.07, 6.45) is 3.71. The van der Waals surface area contributed by atoms with Crippen LogP contribution in [0.3, 0.4) is 0 Å². The van der Waals surface area contributed by atoms with Crippen LogP contribution in [0.4, 0.5) is 0 Å². The molecule has 4 nitrogen and oxygen atoms in total. The zero-order valence-corrected chi connectivity index (χ0v) is 9.31. The lowest BCUT2D eigenvalue weighted by Crippen LogP contribution is -2.47. The van der Waals surface area contributed by atoms with Gasteiger partial charge in [-0.05, 0) is 32.4 Å². The molecule has 15 heavy (non-hydrogen) atoms. The first-order valence-corrected chi connectivity index (χ1v) is 5.61. The SMILES string of the molecule is CCCC1(C(=O)NCC#N)CCNCC1. The summed E-state index contributed by atoms with van der Waals surface area (Å²) in [5, 5.41) is 14.4. The molecule has 0 radical (unpaired) electrons. The Morgan fingerprint density at radius 2 is 2.20 bits per heavy atom. The number of nitrogens with one attached hydrogen (secondary N) is 2. The van der Waals surface area contributed by atoms with Crippen molar-refractivity contribution in [1.82, 2.24) is 10.6 Å². The molecule has 84 valence electrons. The van der Waals surface area contributed by atoms with Crippen LogP contribution in [0.5, 0.6) is 0 Å². The van der Waals surface area contributed by atoms with Gasteiger partial charge in [0.25, 0.3) is 0 Å². The summed E-state index contributed by atoms with van der Waals surface area (Å²) in [6, 6.07) is 1.95. The standard InChI is InChI=1S/C11H19N3O/c1-2-3-11(4-7-13-8-5-11)10(15)14-9-6-12/h13H,2-5,7-9H2,1H3,(H,14,15). The molecule has 1 fully saturated rings. The monoisotopic (exact) mass is 209 g/mol. The molecule has 0 atom stereocenters. The van der Waals surface area contributed by atoms with Gasteiger partial charge in [-0.3, -0.25) is 4.79 Å². The molecule has 1 heterocycles. The maximum atomic E-state index is 12.0. The number of carbonyl (C=O) groups excluding carboxylic acids is 1. The Balaban J connectivity index is 2.62. The van der Waals surface area contributed by atoms with Crippen molar-refractivity contribution in [3.8, 4) is 6.07 Å². The van der Waals surface area contributed by atoms with E-state index < -0.39 is 0 Å². The van der Waals surface area contributed by atoms with E-state index in [0.717, 1.165) is 38.8 Å². The Labute approximate surface area is 91.0 Å². The lowest BCUT2D eigenvalue weighted by atomic mass is 9.74. The molecule has 0 aromatic carbocycles. The highest BCUT2D eigenvalue weighted by Gasteiger charge is 2.38. The average Bonchev–Trinajstić information content (AvgIpc) is 2.27. The normalized spacial score (nSPS) is 19.2. The van der Waals surface area contributed by atoms with Gasteiger partial charge >= 0.3 is 0 Å². The number of nitriles is 1. The van der Waals surface area contributed by atoms with Gasteiger partial charge in [0.1, 0.15) is 6.54 Å². The lowest BCUT2D eigenvalue weighted by Gasteiger charge is -2.35. The van der Waals surface area contributed by atoms with Gasteiger partial charge < -0.3 is 10.6 Å². The van der Waals surface area contributed by atoms with Crippen molar-refractivity contribution in [3.63, 3.8) is 0 Å². The Morgan fingerprint density at radius 1 is 1.53 bits per heavy atom. The van der Waals surface area contributed by atoms with Crippen LogP contribution in [0.2, 0.25) is 0 Å². The highest BCUT2D eigenvalue weighted by Crippen LogP contribution is 2.34. The minimum Gasteiger partial charge on any atom is -0.343 e. The van der Waals surface area contributed by atoms with Gasteiger partial charge in [0.15, 0.2) is 0 Å². The fourth-order valence-electron chi connectivity index (χ4n) is 2.28. The Morgan fingerprint density at radius 3 is 2.73 bits per heavy atom. The smallest absolute Gasteiger partial charge is 0.227 e. The highest BCUT2D eigenvalue weighted by atomic mass is 16.2. The predicted octanol–water partition coefficient (Wildman–Crippen LogP) is 0.796. The number of hydrogen-bond acceptors (Lipinski definition) is 3. The summed E-state index contributed by atoms with van der Waals surface area (Å²) in [7, 11) is 0. The van der Waals surface area contributed by atoms with Gasteiger partial charge in [-0.2, -0.15) is 5.26 Å². The van der Waals surface area contributed by atoms with E-state index in [1.165, 1.54) is 0 Å². The lowest BCUT2D eigenvalue weighted by molar-refractivity contribution is -0.132. The molecule has 0 unspecified atom stereocenters. The molecular formula is C11H19N3O. The van der Waals surface area contributed by atoms with E-state index >= 15 is 0 Å². The molecule has 4 heteroatoms. The van der Waals surface area contributed by atoms with Crippen molar-refractivity contribution < 1.29 is 4.79 Å². The largest absolute Gasteiger partial charge is 0.343 e. The van der Waals surface area contributed by atoms with Gasteiger partial charge in [0.2, 0.25) is 5.91 Å². The molecule has 2 N–H and O–H groups in total. The predicted molar refractivity (Wildman–Crippen MR) is 58.1 cm³/mol. The third-order valence-corrected chi connectivity index (χ3v) is 3.10. The average molecular weight is 209 g/mol. The molecule has 0 bridgehead atoms. The first-order valence-electron chi connectivity index (χ1n) is 5.61. The van der Waals surface area contributed by atoms with E-state index in [0.29, 0.717) is 0 Å². The highest BCUT2D eigenvalue weighted by molar-refractivity contribution is 5.82. The molecule has 1 aliphatic heterocycles. The number of hydrogen-bond donors (Lipinski definition) is 2. The third-order valence-electron chi connectivity index (χ3n) is 3.10. The quantitative estimate of drug-likeness (QED) is 0.673. The van der Waals surface area contributed by atoms with Gasteiger partial charge in [0.05, 0.1) is 11.5 Å². The van der Waals surface area contributed by atoms with E-state index in [4.69, 9.17) is 5.26 Å². The number of piperidine rings is 1. The van der Waals surface area contributed by atoms with E-state index in [-0.39, 0.29) is 17.9 Å². The first kappa shape index (κ1) is 12.0. The summed E-state index contributed by atoms with van der Waals surface area (Å²) in [4.78, 5) is 12.0. The molecule has 0 spiro atoms.